The zero-order valence-electron chi connectivity index (χ0n) is 15.7. The van der Waals surface area contributed by atoms with E-state index < -0.39 is 5.92 Å². The molecule has 140 valence electrons. The highest BCUT2D eigenvalue weighted by Gasteiger charge is 2.42. The maximum atomic E-state index is 12.5. The first-order chi connectivity index (χ1) is 12.4. The Kier molecular flexibility index (Phi) is 5.44. The van der Waals surface area contributed by atoms with Gasteiger partial charge in [0, 0.05) is 24.6 Å². The minimum Gasteiger partial charge on any atom is -0.426 e. The summed E-state index contributed by atoms with van der Waals surface area (Å²) in [6.45, 7) is 6.40. The first kappa shape index (κ1) is 18.6. The summed E-state index contributed by atoms with van der Waals surface area (Å²) >= 11 is 0. The van der Waals surface area contributed by atoms with Crippen LogP contribution < -0.4 is 4.74 Å². The number of likely N-dealkylation sites (tertiary alicyclic amines) is 1. The number of Topliss-reactive ketones (excluding diaryl/α,β-unsaturated/α-hetero) is 1. The van der Waals surface area contributed by atoms with Gasteiger partial charge in [-0.15, -0.1) is 0 Å². The summed E-state index contributed by atoms with van der Waals surface area (Å²) in [4.78, 5) is 38.2. The number of amides is 1. The fourth-order valence-corrected chi connectivity index (χ4v) is 4.16. The molecule has 1 aromatic rings. The smallest absolute Gasteiger partial charge is 0.316 e. The SMILES string of the molecule is CC(=O)c1ccc(OC(=O)[C@@H]2CC(=O)N([C@H]3CCC[C@H](C)[C@H]3C)C2)cc1. The number of carbonyl (C=O) groups excluding carboxylic acids is 3. The zero-order chi connectivity index (χ0) is 18.8. The van der Waals surface area contributed by atoms with Crippen molar-refractivity contribution in [1.82, 2.24) is 4.90 Å². The monoisotopic (exact) mass is 357 g/mol. The first-order valence-corrected chi connectivity index (χ1v) is 9.49. The van der Waals surface area contributed by atoms with Crippen LogP contribution in [0.25, 0.3) is 0 Å². The number of hydrogen-bond acceptors (Lipinski definition) is 4. The van der Waals surface area contributed by atoms with Gasteiger partial charge in [0.2, 0.25) is 5.91 Å². The fourth-order valence-electron chi connectivity index (χ4n) is 4.16. The Hall–Kier alpha value is -2.17. The van der Waals surface area contributed by atoms with Gasteiger partial charge in [0.15, 0.2) is 5.78 Å². The standard InChI is InChI=1S/C21H27NO4/c1-13-5-4-6-19(14(13)2)22-12-17(11-20(22)24)21(25)26-18-9-7-16(8-10-18)15(3)23/h7-10,13-14,17,19H,4-6,11-12H2,1-3H3/t13-,14+,17+,19-/m0/s1. The molecule has 1 heterocycles. The number of ketones is 1. The van der Waals surface area contributed by atoms with Gasteiger partial charge in [0.1, 0.15) is 5.75 Å². The van der Waals surface area contributed by atoms with Gasteiger partial charge < -0.3 is 9.64 Å². The van der Waals surface area contributed by atoms with E-state index in [2.05, 4.69) is 13.8 Å². The highest BCUT2D eigenvalue weighted by molar-refractivity contribution is 5.94. The number of ether oxygens (including phenoxy) is 1. The lowest BCUT2D eigenvalue weighted by Crippen LogP contribution is -2.45. The number of hydrogen-bond donors (Lipinski definition) is 0. The maximum Gasteiger partial charge on any atom is 0.316 e. The Morgan fingerprint density at radius 3 is 2.46 bits per heavy atom. The average Bonchev–Trinajstić information content (AvgIpc) is 2.99. The van der Waals surface area contributed by atoms with Gasteiger partial charge in [-0.05, 0) is 49.4 Å². The molecule has 0 bridgehead atoms. The van der Waals surface area contributed by atoms with Gasteiger partial charge in [-0.25, -0.2) is 0 Å². The van der Waals surface area contributed by atoms with Gasteiger partial charge >= 0.3 is 5.97 Å². The molecule has 3 rings (SSSR count). The van der Waals surface area contributed by atoms with Gasteiger partial charge in [0.25, 0.3) is 0 Å². The molecular weight excluding hydrogens is 330 g/mol. The molecule has 0 unspecified atom stereocenters. The second kappa shape index (κ2) is 7.60. The molecule has 1 aromatic carbocycles. The molecule has 1 aliphatic heterocycles. The molecule has 0 aromatic heterocycles. The van der Waals surface area contributed by atoms with Crippen LogP contribution in [0.5, 0.6) is 5.75 Å². The molecule has 26 heavy (non-hydrogen) atoms. The van der Waals surface area contributed by atoms with Crippen LogP contribution in [-0.2, 0) is 9.59 Å². The molecule has 1 aliphatic carbocycles. The van der Waals surface area contributed by atoms with Crippen molar-refractivity contribution in [1.29, 1.82) is 0 Å². The van der Waals surface area contributed by atoms with Crippen molar-refractivity contribution >= 4 is 17.7 Å². The van der Waals surface area contributed by atoms with Crippen molar-refractivity contribution in [3.8, 4) is 5.75 Å². The zero-order valence-corrected chi connectivity index (χ0v) is 15.7. The van der Waals surface area contributed by atoms with Crippen LogP contribution in [0.2, 0.25) is 0 Å². The molecule has 1 saturated heterocycles. The van der Waals surface area contributed by atoms with Crippen molar-refractivity contribution < 1.29 is 19.1 Å². The largest absolute Gasteiger partial charge is 0.426 e. The van der Waals surface area contributed by atoms with E-state index in [0.717, 1.165) is 12.8 Å². The molecule has 1 amide bonds. The third kappa shape index (κ3) is 3.81. The molecule has 0 spiro atoms. The number of carbonyl (C=O) groups is 3. The predicted molar refractivity (Wildman–Crippen MR) is 97.9 cm³/mol. The topological polar surface area (TPSA) is 63.7 Å². The van der Waals surface area contributed by atoms with Crippen LogP contribution in [0, 0.1) is 17.8 Å². The summed E-state index contributed by atoms with van der Waals surface area (Å²) in [5.41, 5.74) is 0.576. The van der Waals surface area contributed by atoms with Crippen LogP contribution in [0.15, 0.2) is 24.3 Å². The third-order valence-electron chi connectivity index (χ3n) is 6.04. The van der Waals surface area contributed by atoms with E-state index in [0.29, 0.717) is 29.7 Å². The molecule has 0 radical (unpaired) electrons. The normalized spacial score (nSPS) is 28.9. The summed E-state index contributed by atoms with van der Waals surface area (Å²) in [5.74, 6) is 0.715. The minimum atomic E-state index is -0.417. The quantitative estimate of drug-likeness (QED) is 0.470. The van der Waals surface area contributed by atoms with Crippen LogP contribution in [-0.4, -0.2) is 35.1 Å². The lowest BCUT2D eigenvalue weighted by atomic mass is 9.77. The van der Waals surface area contributed by atoms with E-state index in [-0.39, 0.29) is 30.1 Å². The summed E-state index contributed by atoms with van der Waals surface area (Å²) < 4.78 is 5.44. The van der Waals surface area contributed by atoms with Gasteiger partial charge in [0.05, 0.1) is 5.92 Å². The molecule has 4 atom stereocenters. The van der Waals surface area contributed by atoms with E-state index in [1.54, 1.807) is 24.3 Å². The van der Waals surface area contributed by atoms with E-state index in [1.807, 2.05) is 4.90 Å². The van der Waals surface area contributed by atoms with Crippen LogP contribution in [0.1, 0.15) is 56.8 Å². The fraction of sp³-hybridized carbons (Fsp3) is 0.571. The van der Waals surface area contributed by atoms with E-state index >= 15 is 0 Å². The second-order valence-electron chi connectivity index (χ2n) is 7.78. The molecule has 2 fully saturated rings. The Labute approximate surface area is 154 Å². The first-order valence-electron chi connectivity index (χ1n) is 9.49. The summed E-state index contributed by atoms with van der Waals surface area (Å²) in [7, 11) is 0. The highest BCUT2D eigenvalue weighted by Crippen LogP contribution is 2.36. The van der Waals surface area contributed by atoms with E-state index in [9.17, 15) is 14.4 Å². The molecule has 5 nitrogen and oxygen atoms in total. The van der Waals surface area contributed by atoms with Gasteiger partial charge in [-0.1, -0.05) is 26.7 Å². The third-order valence-corrected chi connectivity index (χ3v) is 6.04. The van der Waals surface area contributed by atoms with Gasteiger partial charge in [-0.3, -0.25) is 14.4 Å². The number of rotatable bonds is 4. The Bertz CT molecular complexity index is 696. The van der Waals surface area contributed by atoms with Crippen LogP contribution in [0.4, 0.5) is 0 Å². The highest BCUT2D eigenvalue weighted by atomic mass is 16.5. The minimum absolute atomic E-state index is 0.0317. The lowest BCUT2D eigenvalue weighted by molar-refractivity contribution is -0.139. The molecule has 2 aliphatic rings. The van der Waals surface area contributed by atoms with E-state index in [4.69, 9.17) is 4.74 Å². The van der Waals surface area contributed by atoms with Crippen molar-refractivity contribution in [2.24, 2.45) is 17.8 Å². The van der Waals surface area contributed by atoms with E-state index in [1.165, 1.54) is 13.3 Å². The van der Waals surface area contributed by atoms with Crippen LogP contribution >= 0.6 is 0 Å². The lowest BCUT2D eigenvalue weighted by Gasteiger charge is -2.39. The Balaban J connectivity index is 1.62. The van der Waals surface area contributed by atoms with Crippen LogP contribution in [0.3, 0.4) is 0 Å². The van der Waals surface area contributed by atoms with Crippen molar-refractivity contribution in [3.05, 3.63) is 29.8 Å². The summed E-state index contributed by atoms with van der Waals surface area (Å²) in [6.07, 6.45) is 3.59. The number of benzene rings is 1. The molecular formula is C21H27NO4. The molecule has 5 heteroatoms. The molecule has 1 saturated carbocycles. The summed E-state index contributed by atoms with van der Waals surface area (Å²) in [6, 6.07) is 6.76. The van der Waals surface area contributed by atoms with Crippen molar-refractivity contribution in [2.45, 2.75) is 52.5 Å². The molecule has 0 N–H and O–H groups in total. The van der Waals surface area contributed by atoms with Crippen molar-refractivity contribution in [3.63, 3.8) is 0 Å². The second-order valence-corrected chi connectivity index (χ2v) is 7.78. The number of nitrogens with zero attached hydrogens (tertiary/aromatic N) is 1. The average molecular weight is 357 g/mol. The maximum absolute atomic E-state index is 12.5. The van der Waals surface area contributed by atoms with Crippen molar-refractivity contribution in [2.75, 3.05) is 6.54 Å². The van der Waals surface area contributed by atoms with Gasteiger partial charge in [-0.2, -0.15) is 0 Å². The number of esters is 1. The Morgan fingerprint density at radius 2 is 1.81 bits per heavy atom. The Morgan fingerprint density at radius 1 is 1.12 bits per heavy atom. The summed E-state index contributed by atoms with van der Waals surface area (Å²) in [5, 5.41) is 0. The predicted octanol–water partition coefficient (Wildman–Crippen LogP) is 3.47.